The first kappa shape index (κ1) is 9.04. The second kappa shape index (κ2) is 3.57. The summed E-state index contributed by atoms with van der Waals surface area (Å²) >= 11 is 0. The number of nitrogens with zero attached hydrogens (tertiary/aromatic N) is 1. The lowest BCUT2D eigenvalue weighted by Crippen LogP contribution is -2.08. The van der Waals surface area contributed by atoms with Crippen LogP contribution in [0.4, 0.5) is 0 Å². The Morgan fingerprint density at radius 3 is 2.67 bits per heavy atom. The summed E-state index contributed by atoms with van der Waals surface area (Å²) in [6.45, 7) is 9.41. The topological polar surface area (TPSA) is 20.1 Å². The average molecular weight is 165 g/mol. The monoisotopic (exact) mass is 165 g/mol. The Morgan fingerprint density at radius 1 is 1.67 bits per heavy atom. The first-order valence-corrected chi connectivity index (χ1v) is 4.33. The SMILES string of the molecule is C=CC(CCC)C1C(=O)N1C=C. The van der Waals surface area contributed by atoms with Gasteiger partial charge in [0.2, 0.25) is 0 Å². The molecular weight excluding hydrogens is 150 g/mol. The van der Waals surface area contributed by atoms with Crippen LogP contribution in [0.15, 0.2) is 25.4 Å². The highest BCUT2D eigenvalue weighted by atomic mass is 16.2. The van der Waals surface area contributed by atoms with Crippen molar-refractivity contribution in [3.63, 3.8) is 0 Å². The van der Waals surface area contributed by atoms with Gasteiger partial charge < -0.3 is 4.90 Å². The molecule has 0 aromatic rings. The molecule has 0 spiro atoms. The van der Waals surface area contributed by atoms with Gasteiger partial charge in [-0.1, -0.05) is 26.0 Å². The second-order valence-corrected chi connectivity index (χ2v) is 3.06. The fraction of sp³-hybridized carbons (Fsp3) is 0.500. The highest BCUT2D eigenvalue weighted by molar-refractivity contribution is 5.98. The van der Waals surface area contributed by atoms with Crippen LogP contribution in [0.3, 0.4) is 0 Å². The fourth-order valence-electron chi connectivity index (χ4n) is 1.54. The minimum atomic E-state index is 0.0416. The molecule has 2 heteroatoms. The third-order valence-electron chi connectivity index (χ3n) is 2.27. The Morgan fingerprint density at radius 2 is 2.33 bits per heavy atom. The third-order valence-corrected chi connectivity index (χ3v) is 2.27. The van der Waals surface area contributed by atoms with E-state index in [-0.39, 0.29) is 11.9 Å². The molecule has 2 nitrogen and oxygen atoms in total. The summed E-state index contributed by atoms with van der Waals surface area (Å²) in [5.74, 6) is 0.490. The van der Waals surface area contributed by atoms with Crippen LogP contribution >= 0.6 is 0 Å². The molecule has 0 N–H and O–H groups in total. The molecule has 2 atom stereocenters. The lowest BCUT2D eigenvalue weighted by molar-refractivity contribution is -0.113. The van der Waals surface area contributed by atoms with Gasteiger partial charge in [-0.25, -0.2) is 0 Å². The van der Waals surface area contributed by atoms with Crippen LogP contribution in [0.2, 0.25) is 0 Å². The molecule has 1 saturated heterocycles. The minimum Gasteiger partial charge on any atom is -0.305 e. The quantitative estimate of drug-likeness (QED) is 0.450. The number of hydrogen-bond donors (Lipinski definition) is 0. The molecule has 1 rings (SSSR count). The maximum absolute atomic E-state index is 11.1. The van der Waals surface area contributed by atoms with E-state index in [0.717, 1.165) is 12.8 Å². The fourth-order valence-corrected chi connectivity index (χ4v) is 1.54. The maximum atomic E-state index is 11.1. The average Bonchev–Trinajstić information content (AvgIpc) is 2.72. The standard InChI is InChI=1S/C10H15NO/c1-4-7-8(5-2)9-10(12)11(9)6-3/h5-6,8-9H,2-4,7H2,1H3. The molecule has 66 valence electrons. The molecule has 1 heterocycles. The molecule has 0 radical (unpaired) electrons. The summed E-state index contributed by atoms with van der Waals surface area (Å²) in [4.78, 5) is 12.8. The molecule has 1 aliphatic heterocycles. The summed E-state index contributed by atoms with van der Waals surface area (Å²) in [5.41, 5.74) is 0. The molecule has 2 unspecified atom stereocenters. The van der Waals surface area contributed by atoms with Crippen molar-refractivity contribution in [3.8, 4) is 0 Å². The Bertz CT molecular complexity index is 210. The molecular formula is C10H15NO. The molecule has 1 fully saturated rings. The highest BCUT2D eigenvalue weighted by Gasteiger charge is 2.47. The molecule has 1 aliphatic rings. The van der Waals surface area contributed by atoms with Crippen LogP contribution in [0.5, 0.6) is 0 Å². The van der Waals surface area contributed by atoms with Gasteiger partial charge in [-0.15, -0.1) is 6.58 Å². The van der Waals surface area contributed by atoms with Gasteiger partial charge in [0.15, 0.2) is 0 Å². The first-order chi connectivity index (χ1) is 5.76. The highest BCUT2D eigenvalue weighted by Crippen LogP contribution is 2.31. The molecule has 1 amide bonds. The van der Waals surface area contributed by atoms with Gasteiger partial charge in [-0.2, -0.15) is 0 Å². The van der Waals surface area contributed by atoms with Crippen molar-refractivity contribution >= 4 is 5.91 Å². The van der Waals surface area contributed by atoms with E-state index < -0.39 is 0 Å². The Kier molecular flexibility index (Phi) is 2.69. The molecule has 0 bridgehead atoms. The maximum Gasteiger partial charge on any atom is 0.251 e. The van der Waals surface area contributed by atoms with Crippen LogP contribution in [0, 0.1) is 5.92 Å². The molecule has 0 aromatic carbocycles. The lowest BCUT2D eigenvalue weighted by atomic mass is 10.00. The van der Waals surface area contributed by atoms with Gasteiger partial charge >= 0.3 is 0 Å². The number of hydrogen-bond acceptors (Lipinski definition) is 1. The number of amides is 1. The van der Waals surface area contributed by atoms with E-state index in [1.165, 1.54) is 0 Å². The van der Waals surface area contributed by atoms with E-state index in [1.807, 2.05) is 6.08 Å². The van der Waals surface area contributed by atoms with Crippen molar-refractivity contribution < 1.29 is 4.79 Å². The van der Waals surface area contributed by atoms with Crippen molar-refractivity contribution in [1.29, 1.82) is 0 Å². The lowest BCUT2D eigenvalue weighted by Gasteiger charge is -2.06. The smallest absolute Gasteiger partial charge is 0.251 e. The largest absolute Gasteiger partial charge is 0.305 e. The second-order valence-electron chi connectivity index (χ2n) is 3.06. The van der Waals surface area contributed by atoms with Crippen molar-refractivity contribution in [2.75, 3.05) is 0 Å². The van der Waals surface area contributed by atoms with Crippen LogP contribution in [0.25, 0.3) is 0 Å². The predicted molar refractivity (Wildman–Crippen MR) is 49.4 cm³/mol. The van der Waals surface area contributed by atoms with Crippen molar-refractivity contribution in [1.82, 2.24) is 4.90 Å². The zero-order chi connectivity index (χ0) is 9.14. The Hall–Kier alpha value is -1.05. The summed E-state index contributed by atoms with van der Waals surface area (Å²) in [6, 6.07) is 0.0416. The van der Waals surface area contributed by atoms with Gasteiger partial charge in [0.25, 0.3) is 5.91 Å². The van der Waals surface area contributed by atoms with Crippen molar-refractivity contribution in [2.24, 2.45) is 5.92 Å². The summed E-state index contributed by atoms with van der Waals surface area (Å²) in [5, 5.41) is 0. The van der Waals surface area contributed by atoms with E-state index in [0.29, 0.717) is 5.92 Å². The normalized spacial score (nSPS) is 23.6. The minimum absolute atomic E-state index is 0.0416. The van der Waals surface area contributed by atoms with Gasteiger partial charge in [-0.05, 0) is 6.42 Å². The van der Waals surface area contributed by atoms with Crippen LogP contribution in [0.1, 0.15) is 19.8 Å². The van der Waals surface area contributed by atoms with Crippen LogP contribution in [-0.2, 0) is 4.79 Å². The van der Waals surface area contributed by atoms with Crippen molar-refractivity contribution in [2.45, 2.75) is 25.8 Å². The summed E-state index contributed by atoms with van der Waals surface area (Å²) in [6.07, 6.45) is 5.59. The zero-order valence-electron chi connectivity index (χ0n) is 7.49. The van der Waals surface area contributed by atoms with Gasteiger partial charge in [0.1, 0.15) is 6.04 Å². The number of carbonyl (C=O) groups is 1. The van der Waals surface area contributed by atoms with E-state index in [2.05, 4.69) is 20.1 Å². The van der Waals surface area contributed by atoms with Gasteiger partial charge in [-0.3, -0.25) is 4.79 Å². The van der Waals surface area contributed by atoms with E-state index in [1.54, 1.807) is 11.1 Å². The Balaban J connectivity index is 2.52. The predicted octanol–water partition coefficient (Wildman–Crippen LogP) is 1.94. The van der Waals surface area contributed by atoms with Crippen LogP contribution in [-0.4, -0.2) is 16.8 Å². The molecule has 0 saturated carbocycles. The first-order valence-electron chi connectivity index (χ1n) is 4.33. The summed E-state index contributed by atoms with van der Waals surface area (Å²) in [7, 11) is 0. The van der Waals surface area contributed by atoms with Gasteiger partial charge in [0, 0.05) is 12.1 Å². The van der Waals surface area contributed by atoms with Gasteiger partial charge in [0.05, 0.1) is 0 Å². The van der Waals surface area contributed by atoms with E-state index >= 15 is 0 Å². The third kappa shape index (κ3) is 1.42. The number of carbonyl (C=O) groups excluding carboxylic acids is 1. The van der Waals surface area contributed by atoms with Crippen molar-refractivity contribution in [3.05, 3.63) is 25.4 Å². The molecule has 0 aromatic heterocycles. The van der Waals surface area contributed by atoms with E-state index in [4.69, 9.17) is 0 Å². The Labute approximate surface area is 73.6 Å². The van der Waals surface area contributed by atoms with E-state index in [9.17, 15) is 4.79 Å². The zero-order valence-corrected chi connectivity index (χ0v) is 7.49. The molecule has 0 aliphatic carbocycles. The molecule has 12 heavy (non-hydrogen) atoms. The number of rotatable bonds is 5. The van der Waals surface area contributed by atoms with Crippen LogP contribution < -0.4 is 0 Å². The summed E-state index contributed by atoms with van der Waals surface area (Å²) < 4.78 is 0.